The average Bonchev–Trinajstić information content (AvgIpc) is 2.85. The van der Waals surface area contributed by atoms with Gasteiger partial charge in [0.05, 0.1) is 0 Å². The molecule has 0 radical (unpaired) electrons. The molecule has 0 N–H and O–H groups in total. The maximum absolute atomic E-state index is 3.89. The molecule has 0 nitrogen and oxygen atoms in total. The fourth-order valence-corrected chi connectivity index (χ4v) is 6.03. The largest absolute Gasteiger partial charge is 0.0616 e. The molecule has 0 fully saturated rings. The Morgan fingerprint density at radius 3 is 1.58 bits per heavy atom. The van der Waals surface area contributed by atoms with Gasteiger partial charge in [0.25, 0.3) is 0 Å². The summed E-state index contributed by atoms with van der Waals surface area (Å²) in [4.78, 5) is 0. The molecule has 0 aliphatic heterocycles. The molecule has 0 bridgehead atoms. The molecule has 6 aromatic carbocycles. The Bertz CT molecular complexity index is 1610. The minimum Gasteiger partial charge on any atom is -0.0616 e. The topological polar surface area (TPSA) is 0 Å². The molecule has 33 heavy (non-hydrogen) atoms. The van der Waals surface area contributed by atoms with Gasteiger partial charge in [-0.2, -0.15) is 0 Å². The number of halogens is 1. The van der Waals surface area contributed by atoms with Crippen molar-refractivity contribution in [3.63, 3.8) is 0 Å². The summed E-state index contributed by atoms with van der Waals surface area (Å²) in [5.74, 6) is 0. The minimum atomic E-state index is 1.17. The van der Waals surface area contributed by atoms with Crippen LogP contribution in [0.25, 0.3) is 54.6 Å². The van der Waals surface area contributed by atoms with Crippen molar-refractivity contribution < 1.29 is 0 Å². The van der Waals surface area contributed by atoms with E-state index in [2.05, 4.69) is 133 Å². The van der Waals surface area contributed by atoms with Crippen molar-refractivity contribution in [2.24, 2.45) is 0 Å². The third kappa shape index (κ3) is 3.19. The van der Waals surface area contributed by atoms with Gasteiger partial charge in [0.2, 0.25) is 0 Å². The molecule has 0 spiro atoms. The predicted octanol–water partition coefficient (Wildman–Crippen LogP) is 9.86. The Balaban J connectivity index is 1.67. The standard InChI is InChI=1S/C32H23Br/c1-20-18-23(25-17-9-11-22-10-3-4-12-24(22)25)19-21(2)30(20)31-26-13-5-7-15-28(26)32(33)29-16-8-6-14-27(29)31/h3-19H,1-2H3. The molecule has 0 unspecified atom stereocenters. The van der Waals surface area contributed by atoms with E-state index in [0.29, 0.717) is 0 Å². The number of benzene rings is 6. The molecule has 6 rings (SSSR count). The van der Waals surface area contributed by atoms with Crippen LogP contribution >= 0.6 is 15.9 Å². The van der Waals surface area contributed by atoms with Crippen LogP contribution in [0.2, 0.25) is 0 Å². The summed E-state index contributed by atoms with van der Waals surface area (Å²) in [6.07, 6.45) is 0. The van der Waals surface area contributed by atoms with E-state index >= 15 is 0 Å². The van der Waals surface area contributed by atoms with E-state index in [1.165, 1.54) is 70.2 Å². The van der Waals surface area contributed by atoms with Crippen molar-refractivity contribution in [3.8, 4) is 22.3 Å². The second-order valence-electron chi connectivity index (χ2n) is 8.79. The Kier molecular flexibility index (Phi) is 4.81. The summed E-state index contributed by atoms with van der Waals surface area (Å²) >= 11 is 3.89. The van der Waals surface area contributed by atoms with Gasteiger partial charge in [0.15, 0.2) is 0 Å². The third-order valence-electron chi connectivity index (χ3n) is 6.75. The third-order valence-corrected chi connectivity index (χ3v) is 7.60. The Hall–Kier alpha value is -3.42. The first-order valence-electron chi connectivity index (χ1n) is 11.3. The highest BCUT2D eigenvalue weighted by atomic mass is 79.9. The van der Waals surface area contributed by atoms with Crippen LogP contribution in [0, 0.1) is 13.8 Å². The van der Waals surface area contributed by atoms with Crippen LogP contribution in [0.4, 0.5) is 0 Å². The molecule has 0 aliphatic carbocycles. The molecule has 0 saturated carbocycles. The van der Waals surface area contributed by atoms with Crippen molar-refractivity contribution in [1.29, 1.82) is 0 Å². The van der Waals surface area contributed by atoms with Gasteiger partial charge >= 0.3 is 0 Å². The molecule has 0 amide bonds. The summed E-state index contributed by atoms with van der Waals surface area (Å²) in [5, 5.41) is 7.65. The number of rotatable bonds is 2. The summed E-state index contributed by atoms with van der Waals surface area (Å²) in [6, 6.07) is 37.4. The van der Waals surface area contributed by atoms with Gasteiger partial charge in [-0.3, -0.25) is 0 Å². The lowest BCUT2D eigenvalue weighted by Crippen LogP contribution is -1.94. The van der Waals surface area contributed by atoms with Crippen molar-refractivity contribution in [2.45, 2.75) is 13.8 Å². The first-order chi connectivity index (χ1) is 16.1. The van der Waals surface area contributed by atoms with Gasteiger partial charge in [0, 0.05) is 4.47 Å². The van der Waals surface area contributed by atoms with Crippen molar-refractivity contribution in [2.75, 3.05) is 0 Å². The zero-order valence-electron chi connectivity index (χ0n) is 18.7. The van der Waals surface area contributed by atoms with Gasteiger partial charge in [-0.05, 0) is 95.5 Å². The zero-order chi connectivity index (χ0) is 22.5. The first-order valence-corrected chi connectivity index (χ1v) is 12.1. The van der Waals surface area contributed by atoms with E-state index in [-0.39, 0.29) is 0 Å². The number of fused-ring (bicyclic) bond motifs is 3. The van der Waals surface area contributed by atoms with Crippen LogP contribution in [0.3, 0.4) is 0 Å². The maximum Gasteiger partial charge on any atom is 0.0332 e. The van der Waals surface area contributed by atoms with Gasteiger partial charge in [-0.25, -0.2) is 0 Å². The highest BCUT2D eigenvalue weighted by Crippen LogP contribution is 2.44. The lowest BCUT2D eigenvalue weighted by atomic mass is 9.85. The quantitative estimate of drug-likeness (QED) is 0.213. The molecule has 0 atom stereocenters. The molecular formula is C32H23Br. The van der Waals surface area contributed by atoms with Crippen LogP contribution in [0.5, 0.6) is 0 Å². The monoisotopic (exact) mass is 486 g/mol. The SMILES string of the molecule is Cc1cc(-c2cccc3ccccc23)cc(C)c1-c1c2ccccc2c(Br)c2ccccc12. The Labute approximate surface area is 202 Å². The van der Waals surface area contributed by atoms with Crippen LogP contribution in [-0.2, 0) is 0 Å². The molecule has 6 aromatic rings. The van der Waals surface area contributed by atoms with Gasteiger partial charge in [0.1, 0.15) is 0 Å². The van der Waals surface area contributed by atoms with E-state index in [0.717, 1.165) is 0 Å². The van der Waals surface area contributed by atoms with Crippen LogP contribution in [-0.4, -0.2) is 0 Å². The van der Waals surface area contributed by atoms with Crippen LogP contribution in [0.1, 0.15) is 11.1 Å². The lowest BCUT2D eigenvalue weighted by molar-refractivity contribution is 1.39. The first kappa shape index (κ1) is 20.2. The fraction of sp³-hybridized carbons (Fsp3) is 0.0625. The average molecular weight is 487 g/mol. The predicted molar refractivity (Wildman–Crippen MR) is 147 cm³/mol. The number of hydrogen-bond acceptors (Lipinski definition) is 0. The highest BCUT2D eigenvalue weighted by Gasteiger charge is 2.18. The maximum atomic E-state index is 3.89. The summed E-state index contributed by atoms with van der Waals surface area (Å²) < 4.78 is 1.17. The molecular weight excluding hydrogens is 464 g/mol. The van der Waals surface area contributed by atoms with Crippen LogP contribution in [0.15, 0.2) is 108 Å². The minimum absolute atomic E-state index is 1.17. The van der Waals surface area contributed by atoms with Gasteiger partial charge < -0.3 is 0 Å². The van der Waals surface area contributed by atoms with E-state index in [1.807, 2.05) is 0 Å². The second kappa shape index (κ2) is 7.86. The summed E-state index contributed by atoms with van der Waals surface area (Å²) in [6.45, 7) is 4.51. The molecule has 0 aromatic heterocycles. The molecule has 0 aliphatic rings. The molecule has 0 heterocycles. The van der Waals surface area contributed by atoms with Gasteiger partial charge in [-0.15, -0.1) is 0 Å². The van der Waals surface area contributed by atoms with E-state index in [4.69, 9.17) is 0 Å². The van der Waals surface area contributed by atoms with E-state index in [1.54, 1.807) is 0 Å². The fourth-order valence-electron chi connectivity index (χ4n) is 5.34. The van der Waals surface area contributed by atoms with Crippen molar-refractivity contribution in [3.05, 3.63) is 119 Å². The second-order valence-corrected chi connectivity index (χ2v) is 9.58. The summed E-state index contributed by atoms with van der Waals surface area (Å²) in [5.41, 5.74) is 7.82. The molecule has 1 heteroatoms. The van der Waals surface area contributed by atoms with Crippen molar-refractivity contribution in [1.82, 2.24) is 0 Å². The smallest absolute Gasteiger partial charge is 0.0332 e. The zero-order valence-corrected chi connectivity index (χ0v) is 20.3. The molecule has 158 valence electrons. The normalized spacial score (nSPS) is 11.5. The van der Waals surface area contributed by atoms with Crippen molar-refractivity contribution >= 4 is 48.2 Å². The highest BCUT2D eigenvalue weighted by molar-refractivity contribution is 9.10. The Morgan fingerprint density at radius 1 is 0.485 bits per heavy atom. The number of aryl methyl sites for hydroxylation is 2. The van der Waals surface area contributed by atoms with E-state index in [9.17, 15) is 0 Å². The van der Waals surface area contributed by atoms with E-state index < -0.39 is 0 Å². The summed E-state index contributed by atoms with van der Waals surface area (Å²) in [7, 11) is 0. The molecule has 0 saturated heterocycles. The van der Waals surface area contributed by atoms with Crippen LogP contribution < -0.4 is 0 Å². The lowest BCUT2D eigenvalue weighted by Gasteiger charge is -2.19. The Morgan fingerprint density at radius 2 is 0.970 bits per heavy atom. The van der Waals surface area contributed by atoms with Gasteiger partial charge in [-0.1, -0.05) is 103 Å². The number of hydrogen-bond donors (Lipinski definition) is 0.